The van der Waals surface area contributed by atoms with Crippen LogP contribution >= 0.6 is 0 Å². The topological polar surface area (TPSA) is 85.3 Å². The standard InChI is InChI=1S/C24H26N4O3/c1-3-6-16-7-4-8-17(11-16)21-14-22(26-24(30)18-12-23(29)25-15-18)27-28(21)19-9-5-10-20(13-19)31-2/h4-5,7-11,13-14,18H,3,6,12,15H2,1-2H3,(H,25,29)(H,26,27,30)/t18-/m0/s1. The second kappa shape index (κ2) is 9.04. The Balaban J connectivity index is 1.72. The summed E-state index contributed by atoms with van der Waals surface area (Å²) in [4.78, 5) is 24.1. The molecule has 2 heterocycles. The lowest BCUT2D eigenvalue weighted by molar-refractivity contribution is -0.123. The molecule has 2 aromatic carbocycles. The number of ether oxygens (including phenoxy) is 1. The van der Waals surface area contributed by atoms with Crippen molar-refractivity contribution in [3.05, 3.63) is 60.2 Å². The van der Waals surface area contributed by atoms with Gasteiger partial charge in [-0.2, -0.15) is 0 Å². The molecule has 1 aliphatic rings. The Kier molecular flexibility index (Phi) is 6.02. The number of amides is 2. The van der Waals surface area contributed by atoms with E-state index in [1.807, 2.05) is 42.5 Å². The molecular formula is C24H26N4O3. The van der Waals surface area contributed by atoms with Crippen molar-refractivity contribution in [1.82, 2.24) is 15.1 Å². The fourth-order valence-corrected chi connectivity index (χ4v) is 3.78. The summed E-state index contributed by atoms with van der Waals surface area (Å²) in [6.07, 6.45) is 2.26. The molecule has 1 fully saturated rings. The van der Waals surface area contributed by atoms with Crippen molar-refractivity contribution < 1.29 is 14.3 Å². The molecule has 160 valence electrons. The van der Waals surface area contributed by atoms with Crippen LogP contribution in [0, 0.1) is 5.92 Å². The van der Waals surface area contributed by atoms with E-state index in [-0.39, 0.29) is 24.2 Å². The molecule has 2 amide bonds. The van der Waals surface area contributed by atoms with Crippen molar-refractivity contribution in [2.45, 2.75) is 26.2 Å². The maximum absolute atomic E-state index is 12.6. The average Bonchev–Trinajstić information content (AvgIpc) is 3.41. The van der Waals surface area contributed by atoms with Gasteiger partial charge in [0.2, 0.25) is 11.8 Å². The number of nitrogens with one attached hydrogen (secondary N) is 2. The molecule has 31 heavy (non-hydrogen) atoms. The van der Waals surface area contributed by atoms with Crippen LogP contribution in [-0.2, 0) is 16.0 Å². The number of aromatic nitrogens is 2. The highest BCUT2D eigenvalue weighted by atomic mass is 16.5. The number of methoxy groups -OCH3 is 1. The molecule has 0 radical (unpaired) electrons. The fourth-order valence-electron chi connectivity index (χ4n) is 3.78. The Labute approximate surface area is 181 Å². The minimum Gasteiger partial charge on any atom is -0.497 e. The maximum Gasteiger partial charge on any atom is 0.230 e. The van der Waals surface area contributed by atoms with Gasteiger partial charge in [0.15, 0.2) is 5.82 Å². The van der Waals surface area contributed by atoms with Crippen LogP contribution in [0.2, 0.25) is 0 Å². The van der Waals surface area contributed by atoms with Gasteiger partial charge in [-0.05, 0) is 30.2 Å². The second-order valence-electron chi connectivity index (χ2n) is 7.67. The molecule has 0 unspecified atom stereocenters. The zero-order chi connectivity index (χ0) is 21.8. The molecule has 1 atom stereocenters. The summed E-state index contributed by atoms with van der Waals surface area (Å²) in [5, 5.41) is 10.2. The van der Waals surface area contributed by atoms with Gasteiger partial charge in [-0.3, -0.25) is 9.59 Å². The molecule has 0 aliphatic carbocycles. The lowest BCUT2D eigenvalue weighted by Gasteiger charge is -2.10. The van der Waals surface area contributed by atoms with Gasteiger partial charge in [0.1, 0.15) is 5.75 Å². The van der Waals surface area contributed by atoms with E-state index in [4.69, 9.17) is 4.74 Å². The van der Waals surface area contributed by atoms with Crippen LogP contribution < -0.4 is 15.4 Å². The van der Waals surface area contributed by atoms with E-state index in [9.17, 15) is 9.59 Å². The Morgan fingerprint density at radius 2 is 2.06 bits per heavy atom. The number of carbonyl (C=O) groups is 2. The van der Waals surface area contributed by atoms with Gasteiger partial charge in [-0.1, -0.05) is 37.6 Å². The maximum atomic E-state index is 12.6. The van der Waals surface area contributed by atoms with Crippen molar-refractivity contribution >= 4 is 17.6 Å². The van der Waals surface area contributed by atoms with E-state index in [1.165, 1.54) is 5.56 Å². The number of benzene rings is 2. The fraction of sp³-hybridized carbons (Fsp3) is 0.292. The van der Waals surface area contributed by atoms with Crippen LogP contribution in [0.5, 0.6) is 5.75 Å². The zero-order valence-corrected chi connectivity index (χ0v) is 17.7. The van der Waals surface area contributed by atoms with Crippen LogP contribution in [0.15, 0.2) is 54.6 Å². The van der Waals surface area contributed by atoms with Gasteiger partial charge < -0.3 is 15.4 Å². The molecule has 1 saturated heterocycles. The average molecular weight is 418 g/mol. The first-order valence-corrected chi connectivity index (χ1v) is 10.5. The van der Waals surface area contributed by atoms with Gasteiger partial charge >= 0.3 is 0 Å². The third-order valence-electron chi connectivity index (χ3n) is 5.37. The summed E-state index contributed by atoms with van der Waals surface area (Å²) in [6.45, 7) is 2.51. The molecule has 0 spiro atoms. The highest BCUT2D eigenvalue weighted by Gasteiger charge is 2.28. The number of aryl methyl sites for hydroxylation is 1. The van der Waals surface area contributed by atoms with Crippen LogP contribution in [0.4, 0.5) is 5.82 Å². The molecule has 4 rings (SSSR count). The first-order valence-electron chi connectivity index (χ1n) is 10.5. The van der Waals surface area contributed by atoms with E-state index < -0.39 is 0 Å². The number of anilines is 1. The Bertz CT molecular complexity index is 1110. The van der Waals surface area contributed by atoms with Crippen molar-refractivity contribution in [2.75, 3.05) is 19.0 Å². The molecule has 0 bridgehead atoms. The predicted octanol–water partition coefficient (Wildman–Crippen LogP) is 3.58. The Morgan fingerprint density at radius 1 is 1.23 bits per heavy atom. The predicted molar refractivity (Wildman–Crippen MR) is 119 cm³/mol. The number of rotatable bonds is 7. The van der Waals surface area contributed by atoms with Crippen LogP contribution in [0.3, 0.4) is 0 Å². The molecule has 0 saturated carbocycles. The molecule has 2 N–H and O–H groups in total. The largest absolute Gasteiger partial charge is 0.497 e. The molecule has 1 aliphatic heterocycles. The van der Waals surface area contributed by atoms with Crippen molar-refractivity contribution in [3.8, 4) is 22.7 Å². The highest BCUT2D eigenvalue weighted by Crippen LogP contribution is 2.29. The van der Waals surface area contributed by atoms with Gasteiger partial charge in [0, 0.05) is 30.7 Å². The van der Waals surface area contributed by atoms with Crippen LogP contribution in [-0.4, -0.2) is 35.2 Å². The van der Waals surface area contributed by atoms with Crippen molar-refractivity contribution in [2.24, 2.45) is 5.92 Å². The molecule has 7 heteroatoms. The van der Waals surface area contributed by atoms with E-state index >= 15 is 0 Å². The van der Waals surface area contributed by atoms with Crippen LogP contribution in [0.1, 0.15) is 25.3 Å². The molecule has 3 aromatic rings. The number of nitrogens with zero attached hydrogens (tertiary/aromatic N) is 2. The SMILES string of the molecule is CCCc1cccc(-c2cc(NC(=O)[C@@H]3CNC(=O)C3)nn2-c2cccc(OC)c2)c1. The van der Waals surface area contributed by atoms with E-state index in [0.29, 0.717) is 12.4 Å². The lowest BCUT2D eigenvalue weighted by Crippen LogP contribution is -2.24. The van der Waals surface area contributed by atoms with Gasteiger partial charge in [-0.25, -0.2) is 4.68 Å². The summed E-state index contributed by atoms with van der Waals surface area (Å²) in [5.74, 6) is 0.476. The summed E-state index contributed by atoms with van der Waals surface area (Å²) >= 11 is 0. The van der Waals surface area contributed by atoms with E-state index in [2.05, 4.69) is 34.8 Å². The third-order valence-corrected chi connectivity index (χ3v) is 5.37. The number of hydrogen-bond donors (Lipinski definition) is 2. The Morgan fingerprint density at radius 3 is 2.81 bits per heavy atom. The smallest absolute Gasteiger partial charge is 0.230 e. The highest BCUT2D eigenvalue weighted by molar-refractivity contribution is 5.97. The third kappa shape index (κ3) is 4.60. The van der Waals surface area contributed by atoms with Crippen LogP contribution in [0.25, 0.3) is 16.9 Å². The number of hydrogen-bond acceptors (Lipinski definition) is 4. The van der Waals surface area contributed by atoms with E-state index in [0.717, 1.165) is 35.5 Å². The van der Waals surface area contributed by atoms with Gasteiger partial charge in [-0.15, -0.1) is 5.10 Å². The normalized spacial score (nSPS) is 15.5. The summed E-state index contributed by atoms with van der Waals surface area (Å²) in [7, 11) is 1.62. The second-order valence-corrected chi connectivity index (χ2v) is 7.67. The summed E-state index contributed by atoms with van der Waals surface area (Å²) in [5.41, 5.74) is 3.95. The summed E-state index contributed by atoms with van der Waals surface area (Å²) in [6, 6.07) is 17.8. The monoisotopic (exact) mass is 418 g/mol. The minimum atomic E-state index is -0.384. The van der Waals surface area contributed by atoms with Crippen molar-refractivity contribution in [3.63, 3.8) is 0 Å². The molecule has 1 aromatic heterocycles. The molecule has 7 nitrogen and oxygen atoms in total. The van der Waals surface area contributed by atoms with Crippen molar-refractivity contribution in [1.29, 1.82) is 0 Å². The molecular weight excluding hydrogens is 392 g/mol. The zero-order valence-electron chi connectivity index (χ0n) is 17.7. The van der Waals surface area contributed by atoms with Gasteiger partial charge in [0.05, 0.1) is 24.4 Å². The quantitative estimate of drug-likeness (QED) is 0.614. The lowest BCUT2D eigenvalue weighted by atomic mass is 10.0. The summed E-state index contributed by atoms with van der Waals surface area (Å²) < 4.78 is 7.18. The minimum absolute atomic E-state index is 0.101. The van der Waals surface area contributed by atoms with E-state index in [1.54, 1.807) is 11.8 Å². The number of carbonyl (C=O) groups excluding carboxylic acids is 2. The Hall–Kier alpha value is -3.61. The van der Waals surface area contributed by atoms with Gasteiger partial charge in [0.25, 0.3) is 0 Å². The first-order chi connectivity index (χ1) is 15.1. The first kappa shape index (κ1) is 20.7.